The van der Waals surface area contributed by atoms with E-state index in [1.165, 1.54) is 18.2 Å². The third kappa shape index (κ3) is 3.42. The van der Waals surface area contributed by atoms with Crippen molar-refractivity contribution >= 4 is 11.6 Å². The van der Waals surface area contributed by atoms with Crippen molar-refractivity contribution in [2.24, 2.45) is 0 Å². The number of rotatable bonds is 4. The van der Waals surface area contributed by atoms with E-state index in [4.69, 9.17) is 11.6 Å². The Balaban J connectivity index is 2.55. The summed E-state index contributed by atoms with van der Waals surface area (Å²) in [5.74, 6) is -0.595. The minimum atomic E-state index is -0.324. The molecule has 1 atom stereocenters. The molecule has 21 heavy (non-hydrogen) atoms. The first kappa shape index (κ1) is 15.9. The zero-order chi connectivity index (χ0) is 15.6. The van der Waals surface area contributed by atoms with Crippen molar-refractivity contribution in [1.82, 2.24) is 5.32 Å². The highest BCUT2D eigenvalue weighted by atomic mass is 35.5. The van der Waals surface area contributed by atoms with Crippen molar-refractivity contribution in [3.8, 4) is 0 Å². The van der Waals surface area contributed by atoms with Crippen LogP contribution in [0, 0.1) is 25.5 Å². The van der Waals surface area contributed by atoms with Gasteiger partial charge in [-0.25, -0.2) is 8.78 Å². The Hall–Kier alpha value is -1.45. The molecule has 0 fully saturated rings. The van der Waals surface area contributed by atoms with E-state index in [0.717, 1.165) is 16.7 Å². The smallest absolute Gasteiger partial charge is 0.127 e. The normalized spacial score (nSPS) is 12.5. The van der Waals surface area contributed by atoms with Gasteiger partial charge in [0.25, 0.3) is 0 Å². The topological polar surface area (TPSA) is 12.0 Å². The molecule has 0 bridgehead atoms. The predicted octanol–water partition coefficient (Wildman–Crippen LogP) is 4.93. The van der Waals surface area contributed by atoms with Crippen LogP contribution in [0.5, 0.6) is 0 Å². The van der Waals surface area contributed by atoms with Gasteiger partial charge in [0.05, 0.1) is 6.04 Å². The van der Waals surface area contributed by atoms with Crippen molar-refractivity contribution in [2.45, 2.75) is 26.8 Å². The number of hydrogen-bond acceptors (Lipinski definition) is 1. The summed E-state index contributed by atoms with van der Waals surface area (Å²) < 4.78 is 26.9. The molecule has 1 nitrogen and oxygen atoms in total. The fourth-order valence-electron chi connectivity index (χ4n) is 2.46. The highest BCUT2D eigenvalue weighted by Gasteiger charge is 2.19. The average Bonchev–Trinajstić information content (AvgIpc) is 2.41. The van der Waals surface area contributed by atoms with E-state index in [-0.39, 0.29) is 17.7 Å². The van der Waals surface area contributed by atoms with Crippen LogP contribution in [0.1, 0.15) is 35.2 Å². The molecular formula is C17H18ClF2N. The molecule has 112 valence electrons. The Morgan fingerprint density at radius 2 is 1.76 bits per heavy atom. The third-order valence-electron chi connectivity index (χ3n) is 3.54. The van der Waals surface area contributed by atoms with E-state index in [2.05, 4.69) is 5.32 Å². The molecule has 2 rings (SSSR count). The van der Waals surface area contributed by atoms with Crippen molar-refractivity contribution in [3.05, 3.63) is 69.2 Å². The average molecular weight is 310 g/mol. The molecule has 0 heterocycles. The molecule has 4 heteroatoms. The molecule has 1 N–H and O–H groups in total. The van der Waals surface area contributed by atoms with Crippen LogP contribution in [0.4, 0.5) is 8.78 Å². The molecule has 0 aliphatic heterocycles. The lowest BCUT2D eigenvalue weighted by molar-refractivity contribution is 0.601. The van der Waals surface area contributed by atoms with Gasteiger partial charge in [-0.05, 0) is 66.9 Å². The molecule has 2 aromatic carbocycles. The van der Waals surface area contributed by atoms with Gasteiger partial charge < -0.3 is 5.32 Å². The zero-order valence-electron chi connectivity index (χ0n) is 12.3. The molecule has 0 saturated carbocycles. The SMILES string of the molecule is CCNC(c1ccc(F)cc1C)c1cc(C)c(F)cc1Cl. The first-order valence-corrected chi connectivity index (χ1v) is 7.26. The van der Waals surface area contributed by atoms with Gasteiger partial charge in [0.2, 0.25) is 0 Å². The molecule has 2 aromatic rings. The van der Waals surface area contributed by atoms with Crippen LogP contribution in [0.25, 0.3) is 0 Å². The van der Waals surface area contributed by atoms with Crippen LogP contribution in [0.15, 0.2) is 30.3 Å². The van der Waals surface area contributed by atoms with Crippen molar-refractivity contribution in [1.29, 1.82) is 0 Å². The number of nitrogens with one attached hydrogen (secondary N) is 1. The van der Waals surface area contributed by atoms with Crippen LogP contribution in [-0.2, 0) is 0 Å². The highest BCUT2D eigenvalue weighted by molar-refractivity contribution is 6.31. The van der Waals surface area contributed by atoms with Crippen molar-refractivity contribution < 1.29 is 8.78 Å². The second-order valence-electron chi connectivity index (χ2n) is 5.11. The van der Waals surface area contributed by atoms with Crippen LogP contribution in [0.2, 0.25) is 5.02 Å². The van der Waals surface area contributed by atoms with Crippen LogP contribution in [0.3, 0.4) is 0 Å². The molecule has 0 aliphatic rings. The Kier molecular flexibility index (Phi) is 4.96. The first-order chi connectivity index (χ1) is 9.93. The lowest BCUT2D eigenvalue weighted by Crippen LogP contribution is -2.23. The summed E-state index contributed by atoms with van der Waals surface area (Å²) >= 11 is 6.21. The maximum absolute atomic E-state index is 13.6. The Morgan fingerprint density at radius 3 is 2.38 bits per heavy atom. The summed E-state index contributed by atoms with van der Waals surface area (Å²) in [4.78, 5) is 0. The number of hydrogen-bond donors (Lipinski definition) is 1. The fraction of sp³-hybridized carbons (Fsp3) is 0.294. The van der Waals surface area contributed by atoms with Gasteiger partial charge >= 0.3 is 0 Å². The Labute approximate surface area is 128 Å². The second kappa shape index (κ2) is 6.54. The molecule has 0 saturated heterocycles. The van der Waals surface area contributed by atoms with Gasteiger partial charge in [0, 0.05) is 5.02 Å². The monoisotopic (exact) mass is 309 g/mol. The molecule has 0 amide bonds. The molecule has 0 radical (unpaired) electrons. The number of halogens is 3. The molecule has 1 unspecified atom stereocenters. The van der Waals surface area contributed by atoms with Gasteiger partial charge in [-0.15, -0.1) is 0 Å². The van der Waals surface area contributed by atoms with Gasteiger partial charge in [0.15, 0.2) is 0 Å². The standard InChI is InChI=1S/C17H18ClF2N/c1-4-21-17(13-6-5-12(19)7-10(13)2)14-8-11(3)16(20)9-15(14)18/h5-9,17,21H,4H2,1-3H3. The Morgan fingerprint density at radius 1 is 1.05 bits per heavy atom. The summed E-state index contributed by atoms with van der Waals surface area (Å²) in [5, 5.41) is 3.70. The van der Waals surface area contributed by atoms with E-state index in [9.17, 15) is 8.78 Å². The van der Waals surface area contributed by atoms with E-state index >= 15 is 0 Å². The van der Waals surface area contributed by atoms with Crippen LogP contribution in [-0.4, -0.2) is 6.54 Å². The van der Waals surface area contributed by atoms with Crippen molar-refractivity contribution in [2.75, 3.05) is 6.54 Å². The highest BCUT2D eigenvalue weighted by Crippen LogP contribution is 2.32. The summed E-state index contributed by atoms with van der Waals surface area (Å²) in [6, 6.07) is 7.54. The lowest BCUT2D eigenvalue weighted by Gasteiger charge is -2.22. The number of benzene rings is 2. The van der Waals surface area contributed by atoms with E-state index < -0.39 is 0 Å². The van der Waals surface area contributed by atoms with Gasteiger partial charge in [-0.3, -0.25) is 0 Å². The third-order valence-corrected chi connectivity index (χ3v) is 3.87. The maximum Gasteiger partial charge on any atom is 0.127 e. The minimum Gasteiger partial charge on any atom is -0.306 e. The van der Waals surface area contributed by atoms with Crippen LogP contribution >= 0.6 is 11.6 Å². The quantitative estimate of drug-likeness (QED) is 0.844. The van der Waals surface area contributed by atoms with E-state index in [0.29, 0.717) is 17.1 Å². The molecule has 0 aromatic heterocycles. The zero-order valence-corrected chi connectivity index (χ0v) is 13.1. The fourth-order valence-corrected chi connectivity index (χ4v) is 2.71. The summed E-state index contributed by atoms with van der Waals surface area (Å²) in [6.45, 7) is 6.26. The molecule has 0 aliphatic carbocycles. The summed E-state index contributed by atoms with van der Waals surface area (Å²) in [5.41, 5.74) is 3.11. The van der Waals surface area contributed by atoms with Gasteiger partial charge in [-0.2, -0.15) is 0 Å². The van der Waals surface area contributed by atoms with E-state index in [1.54, 1.807) is 19.1 Å². The predicted molar refractivity (Wildman–Crippen MR) is 82.8 cm³/mol. The van der Waals surface area contributed by atoms with Gasteiger partial charge in [0.1, 0.15) is 11.6 Å². The molecular weight excluding hydrogens is 292 g/mol. The molecule has 0 spiro atoms. The lowest BCUT2D eigenvalue weighted by atomic mass is 9.93. The Bertz CT molecular complexity index is 655. The van der Waals surface area contributed by atoms with E-state index in [1.807, 2.05) is 13.8 Å². The summed E-state index contributed by atoms with van der Waals surface area (Å²) in [7, 11) is 0. The van der Waals surface area contributed by atoms with Gasteiger partial charge in [-0.1, -0.05) is 24.6 Å². The van der Waals surface area contributed by atoms with Crippen molar-refractivity contribution in [3.63, 3.8) is 0 Å². The largest absolute Gasteiger partial charge is 0.306 e. The second-order valence-corrected chi connectivity index (χ2v) is 5.52. The van der Waals surface area contributed by atoms with Crippen LogP contribution < -0.4 is 5.32 Å². The summed E-state index contributed by atoms with van der Waals surface area (Å²) in [6.07, 6.45) is 0. The number of aryl methyl sites for hydroxylation is 2. The maximum atomic E-state index is 13.6. The minimum absolute atomic E-state index is 0.192. The first-order valence-electron chi connectivity index (χ1n) is 6.89.